The van der Waals surface area contributed by atoms with Gasteiger partial charge in [0.05, 0.1) is 18.3 Å². The highest BCUT2D eigenvalue weighted by Gasteiger charge is 2.31. The summed E-state index contributed by atoms with van der Waals surface area (Å²) in [5, 5.41) is 28.5. The molecule has 0 aromatic heterocycles. The zero-order valence-electron chi connectivity index (χ0n) is 9.55. The number of halogens is 1. The Labute approximate surface area is 98.9 Å². The molecule has 5 heteroatoms. The molecule has 1 aliphatic rings. The first-order chi connectivity index (χ1) is 8.00. The number of nitrogens with zero attached hydrogens (tertiary/aromatic N) is 1. The third kappa shape index (κ3) is 2.26. The van der Waals surface area contributed by atoms with Crippen molar-refractivity contribution >= 4 is 5.69 Å². The van der Waals surface area contributed by atoms with Gasteiger partial charge in [0.25, 0.3) is 0 Å². The van der Waals surface area contributed by atoms with E-state index in [1.165, 1.54) is 13.0 Å². The van der Waals surface area contributed by atoms with Gasteiger partial charge in [0.1, 0.15) is 5.82 Å². The molecule has 1 heterocycles. The van der Waals surface area contributed by atoms with Gasteiger partial charge in [-0.1, -0.05) is 6.07 Å². The molecule has 1 fully saturated rings. The fraction of sp³-hybridized carbons (Fsp3) is 0.500. The van der Waals surface area contributed by atoms with E-state index in [-0.39, 0.29) is 18.7 Å². The molecule has 0 spiro atoms. The van der Waals surface area contributed by atoms with Crippen molar-refractivity contribution in [2.75, 3.05) is 18.0 Å². The van der Waals surface area contributed by atoms with Gasteiger partial charge in [-0.05, 0) is 19.1 Å². The molecule has 3 N–H and O–H groups in total. The number of aliphatic hydroxyl groups excluding tert-OH is 3. The fourth-order valence-corrected chi connectivity index (χ4v) is 2.18. The summed E-state index contributed by atoms with van der Waals surface area (Å²) in [4.78, 5) is 1.68. The number of anilines is 1. The van der Waals surface area contributed by atoms with Gasteiger partial charge in [0.15, 0.2) is 0 Å². The van der Waals surface area contributed by atoms with E-state index >= 15 is 0 Å². The van der Waals surface area contributed by atoms with Gasteiger partial charge in [-0.3, -0.25) is 0 Å². The Hall–Kier alpha value is -1.17. The zero-order valence-corrected chi connectivity index (χ0v) is 9.55. The van der Waals surface area contributed by atoms with Gasteiger partial charge < -0.3 is 20.2 Å². The molecule has 0 aliphatic carbocycles. The molecule has 3 atom stereocenters. The minimum absolute atomic E-state index is 0.203. The number of rotatable bonds is 2. The Morgan fingerprint density at radius 2 is 1.88 bits per heavy atom. The van der Waals surface area contributed by atoms with Crippen LogP contribution in [0.3, 0.4) is 0 Å². The number of benzene rings is 1. The minimum Gasteiger partial charge on any atom is -0.389 e. The molecule has 0 radical (unpaired) electrons. The second-order valence-electron chi connectivity index (χ2n) is 4.39. The van der Waals surface area contributed by atoms with Crippen LogP contribution in [0, 0.1) is 5.82 Å². The highest BCUT2D eigenvalue weighted by Crippen LogP contribution is 2.31. The predicted octanol–water partition coefficient (Wildman–Crippen LogP) is 0.421. The van der Waals surface area contributed by atoms with Crippen LogP contribution in [0.15, 0.2) is 18.2 Å². The number of β-amino-alcohol motifs (C(OH)–C–C–N with tert-alkyl or cyclic N) is 2. The highest BCUT2D eigenvalue weighted by atomic mass is 19.1. The maximum atomic E-state index is 13.6. The largest absolute Gasteiger partial charge is 0.389 e. The Morgan fingerprint density at radius 3 is 2.41 bits per heavy atom. The van der Waals surface area contributed by atoms with E-state index in [9.17, 15) is 19.7 Å². The lowest BCUT2D eigenvalue weighted by Gasteiger charge is -2.23. The Bertz CT molecular complexity index is 401. The summed E-state index contributed by atoms with van der Waals surface area (Å²) in [5.41, 5.74) is 0.726. The first kappa shape index (κ1) is 12.3. The van der Waals surface area contributed by atoms with E-state index in [1.807, 2.05) is 0 Å². The molecule has 0 amide bonds. The van der Waals surface area contributed by atoms with Crippen LogP contribution >= 0.6 is 0 Å². The van der Waals surface area contributed by atoms with E-state index in [4.69, 9.17) is 0 Å². The summed E-state index contributed by atoms with van der Waals surface area (Å²) in [7, 11) is 0. The molecule has 17 heavy (non-hydrogen) atoms. The predicted molar refractivity (Wildman–Crippen MR) is 61.3 cm³/mol. The van der Waals surface area contributed by atoms with Gasteiger partial charge in [0, 0.05) is 24.3 Å². The van der Waals surface area contributed by atoms with Crippen molar-refractivity contribution in [1.82, 2.24) is 0 Å². The van der Waals surface area contributed by atoms with Crippen LogP contribution < -0.4 is 4.90 Å². The van der Waals surface area contributed by atoms with Gasteiger partial charge in [-0.25, -0.2) is 4.39 Å². The van der Waals surface area contributed by atoms with Crippen LogP contribution in [0.4, 0.5) is 10.1 Å². The first-order valence-corrected chi connectivity index (χ1v) is 5.58. The van der Waals surface area contributed by atoms with Crippen molar-refractivity contribution in [1.29, 1.82) is 0 Å². The van der Waals surface area contributed by atoms with E-state index in [1.54, 1.807) is 17.0 Å². The number of aliphatic hydroxyl groups is 3. The molecule has 0 bridgehead atoms. The first-order valence-electron chi connectivity index (χ1n) is 5.58. The van der Waals surface area contributed by atoms with Crippen molar-refractivity contribution in [3.63, 3.8) is 0 Å². The number of hydrogen-bond donors (Lipinski definition) is 3. The van der Waals surface area contributed by atoms with Crippen molar-refractivity contribution in [2.45, 2.75) is 25.2 Å². The van der Waals surface area contributed by atoms with E-state index in [2.05, 4.69) is 0 Å². The van der Waals surface area contributed by atoms with Gasteiger partial charge in [-0.15, -0.1) is 0 Å². The van der Waals surface area contributed by atoms with Crippen LogP contribution in [0.5, 0.6) is 0 Å². The summed E-state index contributed by atoms with van der Waals surface area (Å²) >= 11 is 0. The van der Waals surface area contributed by atoms with Crippen LogP contribution in [0.1, 0.15) is 18.6 Å². The topological polar surface area (TPSA) is 63.9 Å². The lowest BCUT2D eigenvalue weighted by atomic mass is 10.1. The quantitative estimate of drug-likeness (QED) is 0.702. The summed E-state index contributed by atoms with van der Waals surface area (Å²) in [6.07, 6.45) is -2.60. The molecule has 0 saturated carbocycles. The molecule has 1 aromatic carbocycles. The Kier molecular flexibility index (Phi) is 3.33. The van der Waals surface area contributed by atoms with Crippen LogP contribution in [0.25, 0.3) is 0 Å². The normalized spacial score (nSPS) is 26.3. The maximum absolute atomic E-state index is 13.6. The monoisotopic (exact) mass is 241 g/mol. The lowest BCUT2D eigenvalue weighted by molar-refractivity contribution is 0.0572. The second-order valence-corrected chi connectivity index (χ2v) is 4.39. The molecule has 1 aromatic rings. The summed E-state index contributed by atoms with van der Waals surface area (Å²) in [6.45, 7) is 1.97. The molecule has 2 rings (SSSR count). The Morgan fingerprint density at radius 1 is 1.29 bits per heavy atom. The fourth-order valence-electron chi connectivity index (χ4n) is 2.18. The second kappa shape index (κ2) is 4.60. The van der Waals surface area contributed by atoms with Gasteiger partial charge in [-0.2, -0.15) is 0 Å². The highest BCUT2D eigenvalue weighted by molar-refractivity contribution is 5.56. The van der Waals surface area contributed by atoms with E-state index in [0.29, 0.717) is 5.69 Å². The van der Waals surface area contributed by atoms with E-state index < -0.39 is 24.1 Å². The lowest BCUT2D eigenvalue weighted by Crippen LogP contribution is -2.23. The summed E-state index contributed by atoms with van der Waals surface area (Å²) in [6, 6.07) is 4.51. The molecule has 94 valence electrons. The minimum atomic E-state index is -0.930. The average Bonchev–Trinajstić information content (AvgIpc) is 2.58. The Balaban J connectivity index is 2.36. The SMILES string of the molecule is CC(O)c1c(F)cccc1N1CC(O)C(O)C1. The third-order valence-corrected chi connectivity index (χ3v) is 3.05. The molecule has 1 saturated heterocycles. The van der Waals surface area contributed by atoms with Crippen molar-refractivity contribution in [3.05, 3.63) is 29.6 Å². The van der Waals surface area contributed by atoms with E-state index in [0.717, 1.165) is 0 Å². The molecule has 3 unspecified atom stereocenters. The summed E-state index contributed by atoms with van der Waals surface area (Å²) in [5.74, 6) is -0.478. The molecular weight excluding hydrogens is 225 g/mol. The van der Waals surface area contributed by atoms with Crippen molar-refractivity contribution in [3.8, 4) is 0 Å². The van der Waals surface area contributed by atoms with Crippen LogP contribution in [0.2, 0.25) is 0 Å². The number of hydrogen-bond acceptors (Lipinski definition) is 4. The van der Waals surface area contributed by atoms with Gasteiger partial charge >= 0.3 is 0 Å². The van der Waals surface area contributed by atoms with Crippen molar-refractivity contribution in [2.24, 2.45) is 0 Å². The van der Waals surface area contributed by atoms with Crippen LogP contribution in [-0.4, -0.2) is 40.6 Å². The molecule has 1 aliphatic heterocycles. The summed E-state index contributed by atoms with van der Waals surface area (Å²) < 4.78 is 13.6. The third-order valence-electron chi connectivity index (χ3n) is 3.05. The average molecular weight is 241 g/mol. The van der Waals surface area contributed by atoms with Gasteiger partial charge in [0.2, 0.25) is 0 Å². The van der Waals surface area contributed by atoms with Crippen LogP contribution in [-0.2, 0) is 0 Å². The zero-order chi connectivity index (χ0) is 12.6. The smallest absolute Gasteiger partial charge is 0.131 e. The molecule has 4 nitrogen and oxygen atoms in total. The van der Waals surface area contributed by atoms with Crippen molar-refractivity contribution < 1.29 is 19.7 Å². The molecular formula is C12H16FNO3. The standard InChI is InChI=1S/C12H16FNO3/c1-7(15)12-8(13)3-2-4-9(12)14-5-10(16)11(17)6-14/h2-4,7,10-11,15-17H,5-6H2,1H3. The maximum Gasteiger partial charge on any atom is 0.131 e.